The van der Waals surface area contributed by atoms with Crippen LogP contribution in [0.1, 0.15) is 15.4 Å². The van der Waals surface area contributed by atoms with Gasteiger partial charge in [-0.15, -0.1) is 22.7 Å². The van der Waals surface area contributed by atoms with Crippen molar-refractivity contribution in [2.75, 3.05) is 12.3 Å². The van der Waals surface area contributed by atoms with Gasteiger partial charge in [0.1, 0.15) is 9.88 Å². The molecule has 0 atom stereocenters. The highest BCUT2D eigenvalue weighted by Gasteiger charge is 2.19. The molecule has 0 saturated heterocycles. The Labute approximate surface area is 123 Å². The SMILES string of the molecule is Cc1nc(-c2cccs2)sc1C(=O)NC1=NCCS1. The second-order valence-electron chi connectivity index (χ2n) is 3.90. The minimum Gasteiger partial charge on any atom is -0.301 e. The molecule has 98 valence electrons. The van der Waals surface area contributed by atoms with Gasteiger partial charge >= 0.3 is 0 Å². The maximum absolute atomic E-state index is 12.2. The first-order valence-corrected chi connectivity index (χ1v) is 8.42. The lowest BCUT2D eigenvalue weighted by Crippen LogP contribution is -2.27. The summed E-state index contributed by atoms with van der Waals surface area (Å²) in [7, 11) is 0. The lowest BCUT2D eigenvalue weighted by atomic mass is 10.4. The fraction of sp³-hybridized carbons (Fsp3) is 0.250. The Morgan fingerprint density at radius 3 is 3.05 bits per heavy atom. The van der Waals surface area contributed by atoms with Crippen molar-refractivity contribution in [2.45, 2.75) is 6.92 Å². The molecule has 0 saturated carbocycles. The van der Waals surface area contributed by atoms with E-state index in [1.165, 1.54) is 11.3 Å². The van der Waals surface area contributed by atoms with Crippen LogP contribution in [0.3, 0.4) is 0 Å². The summed E-state index contributed by atoms with van der Waals surface area (Å²) in [4.78, 5) is 22.6. The Balaban J connectivity index is 1.82. The zero-order chi connectivity index (χ0) is 13.2. The van der Waals surface area contributed by atoms with Crippen LogP contribution in [0, 0.1) is 6.92 Å². The van der Waals surface area contributed by atoms with E-state index < -0.39 is 0 Å². The maximum atomic E-state index is 12.2. The second-order valence-corrected chi connectivity index (χ2v) is 6.93. The average Bonchev–Trinajstić information content (AvgIpc) is 3.07. The minimum absolute atomic E-state index is 0.106. The highest BCUT2D eigenvalue weighted by molar-refractivity contribution is 8.14. The minimum atomic E-state index is -0.106. The van der Waals surface area contributed by atoms with E-state index in [0.29, 0.717) is 4.88 Å². The van der Waals surface area contributed by atoms with Gasteiger partial charge < -0.3 is 5.32 Å². The van der Waals surface area contributed by atoms with E-state index in [1.807, 2.05) is 24.4 Å². The number of amides is 1. The number of thiophene rings is 1. The topological polar surface area (TPSA) is 54.4 Å². The number of carbonyl (C=O) groups is 1. The molecule has 0 unspecified atom stereocenters. The van der Waals surface area contributed by atoms with Crippen LogP contribution in [-0.2, 0) is 0 Å². The van der Waals surface area contributed by atoms with E-state index in [4.69, 9.17) is 0 Å². The number of carbonyl (C=O) groups excluding carboxylic acids is 1. The summed E-state index contributed by atoms with van der Waals surface area (Å²) in [6.45, 7) is 2.65. The van der Waals surface area contributed by atoms with E-state index in [9.17, 15) is 4.79 Å². The van der Waals surface area contributed by atoms with E-state index >= 15 is 0 Å². The molecule has 19 heavy (non-hydrogen) atoms. The molecule has 3 heterocycles. The largest absolute Gasteiger partial charge is 0.301 e. The normalized spacial score (nSPS) is 14.5. The zero-order valence-corrected chi connectivity index (χ0v) is 12.6. The number of thiazole rings is 1. The number of rotatable bonds is 2. The van der Waals surface area contributed by atoms with E-state index in [0.717, 1.165) is 33.0 Å². The number of aromatic nitrogens is 1. The zero-order valence-electron chi connectivity index (χ0n) is 10.2. The Kier molecular flexibility index (Phi) is 3.67. The van der Waals surface area contributed by atoms with Crippen LogP contribution in [0.2, 0.25) is 0 Å². The molecule has 0 fully saturated rings. The quantitative estimate of drug-likeness (QED) is 0.928. The Morgan fingerprint density at radius 2 is 2.37 bits per heavy atom. The fourth-order valence-corrected chi connectivity index (χ4v) is 4.16. The van der Waals surface area contributed by atoms with E-state index in [2.05, 4.69) is 15.3 Å². The van der Waals surface area contributed by atoms with Crippen molar-refractivity contribution in [3.63, 3.8) is 0 Å². The molecular formula is C12H11N3OS3. The molecule has 0 bridgehead atoms. The molecule has 1 N–H and O–H groups in total. The van der Waals surface area contributed by atoms with Crippen molar-refractivity contribution in [3.05, 3.63) is 28.1 Å². The molecule has 2 aromatic heterocycles. The van der Waals surface area contributed by atoms with Crippen LogP contribution in [0.4, 0.5) is 0 Å². The van der Waals surface area contributed by atoms with Crippen LogP contribution >= 0.6 is 34.4 Å². The molecule has 2 aromatic rings. The van der Waals surface area contributed by atoms with Crippen LogP contribution in [0.15, 0.2) is 22.5 Å². The molecule has 0 spiro atoms. The Morgan fingerprint density at radius 1 is 1.47 bits per heavy atom. The lowest BCUT2D eigenvalue weighted by Gasteiger charge is -2.01. The van der Waals surface area contributed by atoms with Gasteiger partial charge in [0, 0.05) is 5.75 Å². The van der Waals surface area contributed by atoms with Gasteiger partial charge in [0.05, 0.1) is 17.1 Å². The molecule has 1 amide bonds. The third-order valence-corrected chi connectivity index (χ3v) is 5.63. The molecule has 0 aromatic carbocycles. The van der Waals surface area contributed by atoms with Gasteiger partial charge in [-0.25, -0.2) is 4.98 Å². The summed E-state index contributed by atoms with van der Waals surface area (Å²) in [5.41, 5.74) is 0.773. The first kappa shape index (κ1) is 12.8. The summed E-state index contributed by atoms with van der Waals surface area (Å²) < 4.78 is 0. The van der Waals surface area contributed by atoms with Gasteiger partial charge in [0.25, 0.3) is 5.91 Å². The van der Waals surface area contributed by atoms with E-state index in [1.54, 1.807) is 23.1 Å². The predicted molar refractivity (Wildman–Crippen MR) is 82.4 cm³/mol. The molecule has 1 aliphatic rings. The first-order chi connectivity index (χ1) is 9.24. The summed E-state index contributed by atoms with van der Waals surface area (Å²) in [5.74, 6) is 0.837. The number of nitrogens with one attached hydrogen (secondary N) is 1. The number of hydrogen-bond acceptors (Lipinski definition) is 6. The second kappa shape index (κ2) is 5.44. The van der Waals surface area contributed by atoms with Gasteiger partial charge in [0.15, 0.2) is 5.17 Å². The highest BCUT2D eigenvalue weighted by Crippen LogP contribution is 2.31. The molecule has 4 nitrogen and oxygen atoms in total. The summed E-state index contributed by atoms with van der Waals surface area (Å²) in [6.07, 6.45) is 0. The first-order valence-electron chi connectivity index (χ1n) is 5.74. The van der Waals surface area contributed by atoms with Crippen molar-refractivity contribution in [1.82, 2.24) is 10.3 Å². The summed E-state index contributed by atoms with van der Waals surface area (Å²) in [6, 6.07) is 4.00. The third-order valence-electron chi connectivity index (χ3n) is 2.54. The molecule has 1 aliphatic heterocycles. The highest BCUT2D eigenvalue weighted by atomic mass is 32.2. The van der Waals surface area contributed by atoms with E-state index in [-0.39, 0.29) is 5.91 Å². The van der Waals surface area contributed by atoms with Gasteiger partial charge in [-0.05, 0) is 18.4 Å². The van der Waals surface area contributed by atoms with Crippen LogP contribution < -0.4 is 5.32 Å². The van der Waals surface area contributed by atoms with Crippen molar-refractivity contribution < 1.29 is 4.79 Å². The smallest absolute Gasteiger partial charge is 0.269 e. The van der Waals surface area contributed by atoms with Gasteiger partial charge in [-0.1, -0.05) is 17.8 Å². The maximum Gasteiger partial charge on any atom is 0.269 e. The van der Waals surface area contributed by atoms with Crippen LogP contribution in [-0.4, -0.2) is 28.4 Å². The number of hydrogen-bond donors (Lipinski definition) is 1. The van der Waals surface area contributed by atoms with Gasteiger partial charge in [0.2, 0.25) is 0 Å². The monoisotopic (exact) mass is 309 g/mol. The molecule has 0 aliphatic carbocycles. The van der Waals surface area contributed by atoms with Crippen molar-refractivity contribution in [3.8, 4) is 9.88 Å². The van der Waals surface area contributed by atoms with Crippen molar-refractivity contribution in [1.29, 1.82) is 0 Å². The van der Waals surface area contributed by atoms with Gasteiger partial charge in [-0.2, -0.15) is 0 Å². The van der Waals surface area contributed by atoms with Crippen molar-refractivity contribution in [2.24, 2.45) is 4.99 Å². The van der Waals surface area contributed by atoms with Gasteiger partial charge in [-0.3, -0.25) is 9.79 Å². The Hall–Kier alpha value is -1.18. The third kappa shape index (κ3) is 2.72. The Bertz CT molecular complexity index is 631. The summed E-state index contributed by atoms with van der Waals surface area (Å²) >= 11 is 4.64. The molecule has 7 heteroatoms. The average molecular weight is 309 g/mol. The number of amidine groups is 1. The predicted octanol–water partition coefficient (Wildman–Crippen LogP) is 3.01. The molecule has 3 rings (SSSR count). The number of nitrogens with zero attached hydrogens (tertiary/aromatic N) is 2. The van der Waals surface area contributed by atoms with Crippen LogP contribution in [0.25, 0.3) is 9.88 Å². The molecule has 0 radical (unpaired) electrons. The fourth-order valence-electron chi connectivity index (χ4n) is 1.68. The number of aliphatic imine (C=N–C) groups is 1. The summed E-state index contributed by atoms with van der Waals surface area (Å²) in [5, 5.41) is 6.47. The van der Waals surface area contributed by atoms with Crippen LogP contribution in [0.5, 0.6) is 0 Å². The van der Waals surface area contributed by atoms with Crippen molar-refractivity contribution >= 4 is 45.5 Å². The number of thioether (sulfide) groups is 1. The molecular weight excluding hydrogens is 298 g/mol. The standard InChI is InChI=1S/C12H11N3OS3/c1-7-9(10(16)15-12-13-4-6-18-12)19-11(14-7)8-3-2-5-17-8/h2-3,5H,4,6H2,1H3,(H,13,15,16). The lowest BCUT2D eigenvalue weighted by molar-refractivity contribution is 0.0981. The number of aryl methyl sites for hydroxylation is 1.